The number of benzene rings is 1. The van der Waals surface area contributed by atoms with Gasteiger partial charge in [-0.15, -0.1) is 35.3 Å². The molecule has 0 bridgehead atoms. The second-order valence-corrected chi connectivity index (χ2v) is 9.16. The van der Waals surface area contributed by atoms with Gasteiger partial charge in [-0.25, -0.2) is 9.98 Å². The van der Waals surface area contributed by atoms with Gasteiger partial charge in [0.15, 0.2) is 5.96 Å². The smallest absolute Gasteiger partial charge is 0.191 e. The van der Waals surface area contributed by atoms with Gasteiger partial charge < -0.3 is 10.6 Å². The molecule has 0 saturated carbocycles. The average Bonchev–Trinajstić information content (AvgIpc) is 3.39. The molecule has 0 aliphatic carbocycles. The topological polar surface area (TPSA) is 67.1 Å². The zero-order valence-corrected chi connectivity index (χ0v) is 21.9. The Morgan fingerprint density at radius 1 is 1.13 bits per heavy atom. The molecule has 0 atom stereocenters. The van der Waals surface area contributed by atoms with Crippen molar-refractivity contribution in [1.82, 2.24) is 25.4 Å². The van der Waals surface area contributed by atoms with Crippen LogP contribution in [0, 0.1) is 0 Å². The molecule has 168 valence electrons. The SMILES string of the molecule is CCNC(=NCc1ccccc1Cn1cccn1)NCCc1nc(C(C)(C)C)cs1.I. The van der Waals surface area contributed by atoms with Crippen LogP contribution in [0.1, 0.15) is 49.5 Å². The molecule has 0 amide bonds. The van der Waals surface area contributed by atoms with Crippen LogP contribution in [0.5, 0.6) is 0 Å². The third kappa shape index (κ3) is 7.92. The molecule has 8 heteroatoms. The standard InChI is InChI=1S/C23H32N6S.HI/c1-5-24-22(25-13-11-21-28-20(17-30-21)23(2,3)4)26-15-18-9-6-7-10-19(18)16-29-14-8-12-27-29;/h6-10,12,14,17H,5,11,13,15-16H2,1-4H3,(H2,24,25,26);1H. The van der Waals surface area contributed by atoms with E-state index >= 15 is 0 Å². The van der Waals surface area contributed by atoms with E-state index in [1.165, 1.54) is 11.1 Å². The van der Waals surface area contributed by atoms with E-state index in [0.717, 1.165) is 42.7 Å². The van der Waals surface area contributed by atoms with Gasteiger partial charge in [0.2, 0.25) is 0 Å². The van der Waals surface area contributed by atoms with Crippen LogP contribution in [0.3, 0.4) is 0 Å². The molecule has 1 aromatic carbocycles. The highest BCUT2D eigenvalue weighted by atomic mass is 127. The summed E-state index contributed by atoms with van der Waals surface area (Å²) in [4.78, 5) is 9.57. The Hall–Kier alpha value is -1.94. The number of aliphatic imine (C=N–C) groups is 1. The van der Waals surface area contributed by atoms with Gasteiger partial charge in [-0.3, -0.25) is 4.68 Å². The predicted octanol–water partition coefficient (Wildman–Crippen LogP) is 4.60. The van der Waals surface area contributed by atoms with Crippen LogP contribution < -0.4 is 10.6 Å². The second-order valence-electron chi connectivity index (χ2n) is 8.22. The Labute approximate surface area is 206 Å². The molecule has 0 aliphatic rings. The van der Waals surface area contributed by atoms with Crippen LogP contribution in [-0.4, -0.2) is 33.8 Å². The Morgan fingerprint density at radius 2 is 1.90 bits per heavy atom. The van der Waals surface area contributed by atoms with Gasteiger partial charge in [0.25, 0.3) is 0 Å². The summed E-state index contributed by atoms with van der Waals surface area (Å²) < 4.78 is 1.94. The largest absolute Gasteiger partial charge is 0.357 e. The molecule has 0 aliphatic heterocycles. The number of guanidine groups is 1. The number of thiazole rings is 1. The van der Waals surface area contributed by atoms with E-state index in [0.29, 0.717) is 6.54 Å². The van der Waals surface area contributed by atoms with Crippen molar-refractivity contribution in [3.63, 3.8) is 0 Å². The molecule has 2 N–H and O–H groups in total. The number of hydrogen-bond acceptors (Lipinski definition) is 4. The van der Waals surface area contributed by atoms with Crippen molar-refractivity contribution in [1.29, 1.82) is 0 Å². The first kappa shape index (κ1) is 25.3. The lowest BCUT2D eigenvalue weighted by Gasteiger charge is -2.14. The number of nitrogens with one attached hydrogen (secondary N) is 2. The van der Waals surface area contributed by atoms with E-state index in [4.69, 9.17) is 9.98 Å². The number of aromatic nitrogens is 3. The Morgan fingerprint density at radius 3 is 2.55 bits per heavy atom. The van der Waals surface area contributed by atoms with Crippen LogP contribution in [0.15, 0.2) is 53.1 Å². The highest BCUT2D eigenvalue weighted by molar-refractivity contribution is 14.0. The molecule has 0 radical (unpaired) electrons. The van der Waals surface area contributed by atoms with Crippen molar-refractivity contribution >= 4 is 41.3 Å². The Bertz CT molecular complexity index is 943. The third-order valence-corrected chi connectivity index (χ3v) is 5.62. The summed E-state index contributed by atoms with van der Waals surface area (Å²) in [5.41, 5.74) is 3.71. The van der Waals surface area contributed by atoms with Gasteiger partial charge >= 0.3 is 0 Å². The van der Waals surface area contributed by atoms with Crippen LogP contribution >= 0.6 is 35.3 Å². The van der Waals surface area contributed by atoms with Gasteiger partial charge in [0.1, 0.15) is 0 Å². The summed E-state index contributed by atoms with van der Waals surface area (Å²) in [5.74, 6) is 0.832. The first-order valence-corrected chi connectivity index (χ1v) is 11.3. The predicted molar refractivity (Wildman–Crippen MR) is 141 cm³/mol. The van der Waals surface area contributed by atoms with E-state index in [9.17, 15) is 0 Å². The maximum atomic E-state index is 4.80. The minimum Gasteiger partial charge on any atom is -0.357 e. The van der Waals surface area contributed by atoms with Crippen molar-refractivity contribution in [2.45, 2.75) is 52.6 Å². The highest BCUT2D eigenvalue weighted by Crippen LogP contribution is 2.23. The lowest BCUT2D eigenvalue weighted by Crippen LogP contribution is -2.38. The lowest BCUT2D eigenvalue weighted by molar-refractivity contribution is 0.570. The maximum absolute atomic E-state index is 4.80. The van der Waals surface area contributed by atoms with Crippen LogP contribution in [0.4, 0.5) is 0 Å². The molecule has 2 aromatic heterocycles. The van der Waals surface area contributed by atoms with E-state index in [1.54, 1.807) is 17.5 Å². The fourth-order valence-electron chi connectivity index (χ4n) is 3.00. The third-order valence-electron chi connectivity index (χ3n) is 4.71. The molecule has 2 heterocycles. The summed E-state index contributed by atoms with van der Waals surface area (Å²) in [7, 11) is 0. The van der Waals surface area contributed by atoms with Crippen molar-refractivity contribution < 1.29 is 0 Å². The van der Waals surface area contributed by atoms with Crippen LogP contribution in [0.25, 0.3) is 0 Å². The molecule has 0 saturated heterocycles. The van der Waals surface area contributed by atoms with Gasteiger partial charge in [-0.05, 0) is 24.1 Å². The minimum atomic E-state index is 0. The summed E-state index contributed by atoms with van der Waals surface area (Å²) in [6.45, 7) is 11.7. The van der Waals surface area contributed by atoms with Crippen molar-refractivity contribution in [2.24, 2.45) is 4.99 Å². The van der Waals surface area contributed by atoms with E-state index < -0.39 is 0 Å². The van der Waals surface area contributed by atoms with Gasteiger partial charge in [0.05, 0.1) is 23.8 Å². The number of halogens is 1. The molecular formula is C23H33IN6S. The monoisotopic (exact) mass is 552 g/mol. The summed E-state index contributed by atoms with van der Waals surface area (Å²) in [5, 5.41) is 14.4. The molecule has 31 heavy (non-hydrogen) atoms. The summed E-state index contributed by atoms with van der Waals surface area (Å²) in [6, 6.07) is 10.3. The number of rotatable bonds is 8. The maximum Gasteiger partial charge on any atom is 0.191 e. The fourth-order valence-corrected chi connectivity index (χ4v) is 4.02. The zero-order chi connectivity index (χ0) is 21.4. The lowest BCUT2D eigenvalue weighted by atomic mass is 9.93. The average molecular weight is 553 g/mol. The van der Waals surface area contributed by atoms with Gasteiger partial charge in [-0.2, -0.15) is 5.10 Å². The van der Waals surface area contributed by atoms with Gasteiger partial charge in [0, 0.05) is 42.7 Å². The van der Waals surface area contributed by atoms with Crippen LogP contribution in [-0.2, 0) is 24.9 Å². The first-order chi connectivity index (χ1) is 14.5. The molecule has 3 aromatic rings. The number of hydrogen-bond donors (Lipinski definition) is 2. The number of nitrogens with zero attached hydrogens (tertiary/aromatic N) is 4. The summed E-state index contributed by atoms with van der Waals surface area (Å²) >= 11 is 1.74. The minimum absolute atomic E-state index is 0. The molecule has 6 nitrogen and oxygen atoms in total. The van der Waals surface area contributed by atoms with Crippen molar-refractivity contribution in [2.75, 3.05) is 13.1 Å². The Kier molecular flexibility index (Phi) is 9.95. The highest BCUT2D eigenvalue weighted by Gasteiger charge is 2.17. The first-order valence-electron chi connectivity index (χ1n) is 10.5. The van der Waals surface area contributed by atoms with Gasteiger partial charge in [-0.1, -0.05) is 45.0 Å². The second kappa shape index (κ2) is 12.2. The molecular weight excluding hydrogens is 519 g/mol. The van der Waals surface area contributed by atoms with Crippen molar-refractivity contribution in [3.05, 3.63) is 69.9 Å². The molecule has 0 fully saturated rings. The summed E-state index contributed by atoms with van der Waals surface area (Å²) in [6.07, 6.45) is 4.68. The normalized spacial score (nSPS) is 11.8. The quantitative estimate of drug-likeness (QED) is 0.244. The van der Waals surface area contributed by atoms with E-state index in [1.807, 2.05) is 16.9 Å². The Balaban J connectivity index is 0.00000341. The van der Waals surface area contributed by atoms with E-state index in [2.05, 4.69) is 73.1 Å². The zero-order valence-electron chi connectivity index (χ0n) is 18.8. The molecule has 0 spiro atoms. The van der Waals surface area contributed by atoms with E-state index in [-0.39, 0.29) is 29.4 Å². The van der Waals surface area contributed by atoms with Crippen LogP contribution in [0.2, 0.25) is 0 Å². The van der Waals surface area contributed by atoms with Crippen molar-refractivity contribution in [3.8, 4) is 0 Å². The molecule has 3 rings (SSSR count). The fraction of sp³-hybridized carbons (Fsp3) is 0.435. The molecule has 0 unspecified atom stereocenters.